The van der Waals surface area contributed by atoms with E-state index in [-0.39, 0.29) is 0 Å². The molecule has 0 radical (unpaired) electrons. The van der Waals surface area contributed by atoms with E-state index in [1.54, 1.807) is 18.4 Å². The zero-order chi connectivity index (χ0) is 15.8. The molecule has 3 heterocycles. The van der Waals surface area contributed by atoms with E-state index in [0.29, 0.717) is 0 Å². The van der Waals surface area contributed by atoms with Crippen molar-refractivity contribution in [3.8, 4) is 5.75 Å². The van der Waals surface area contributed by atoms with Crippen molar-refractivity contribution in [3.05, 3.63) is 34.5 Å². The fourth-order valence-electron chi connectivity index (χ4n) is 2.98. The van der Waals surface area contributed by atoms with Crippen molar-refractivity contribution >= 4 is 34.2 Å². The second-order valence-electron chi connectivity index (χ2n) is 5.93. The van der Waals surface area contributed by atoms with Crippen LogP contribution in [0.25, 0.3) is 0 Å². The van der Waals surface area contributed by atoms with Gasteiger partial charge in [0.25, 0.3) is 0 Å². The first-order chi connectivity index (χ1) is 11.2. The Morgan fingerprint density at radius 2 is 1.96 bits per heavy atom. The molecular formula is C17H20N4OS. The zero-order valence-corrected chi connectivity index (χ0v) is 14.2. The van der Waals surface area contributed by atoms with Crippen LogP contribution in [-0.4, -0.2) is 56.0 Å². The van der Waals surface area contributed by atoms with Gasteiger partial charge in [0.15, 0.2) is 0 Å². The Morgan fingerprint density at radius 3 is 2.74 bits per heavy atom. The molecule has 4 rings (SSSR count). The van der Waals surface area contributed by atoms with Crippen LogP contribution in [0.3, 0.4) is 0 Å². The minimum atomic E-state index is 0.830. The second kappa shape index (κ2) is 5.86. The number of thiophene rings is 1. The molecule has 0 atom stereocenters. The lowest BCUT2D eigenvalue weighted by Gasteiger charge is -2.34. The molecule has 0 amide bonds. The van der Waals surface area contributed by atoms with Gasteiger partial charge in [0.05, 0.1) is 29.7 Å². The van der Waals surface area contributed by atoms with Crippen LogP contribution in [0.4, 0.5) is 17.1 Å². The highest BCUT2D eigenvalue weighted by Crippen LogP contribution is 2.38. The van der Waals surface area contributed by atoms with Gasteiger partial charge in [-0.2, -0.15) is 0 Å². The number of benzene rings is 1. The lowest BCUT2D eigenvalue weighted by atomic mass is 10.2. The molecule has 23 heavy (non-hydrogen) atoms. The first-order valence-corrected chi connectivity index (χ1v) is 8.72. The summed E-state index contributed by atoms with van der Waals surface area (Å²) in [6.07, 6.45) is 0. The highest BCUT2D eigenvalue weighted by atomic mass is 32.1. The van der Waals surface area contributed by atoms with Gasteiger partial charge in [-0.3, -0.25) is 0 Å². The standard InChI is InChI=1S/C17H20N4OS/c1-20-5-7-21(8-6-20)17-13-10-23-11-16(13)18-14-4-3-12(22-2)9-15(14)19-17/h3-4,9-11,18H,5-8H2,1-2H3. The highest BCUT2D eigenvalue weighted by Gasteiger charge is 2.24. The van der Waals surface area contributed by atoms with E-state index in [1.807, 2.05) is 18.2 Å². The van der Waals surface area contributed by atoms with Crippen LogP contribution in [0.15, 0.2) is 34.0 Å². The summed E-state index contributed by atoms with van der Waals surface area (Å²) in [7, 11) is 3.86. The van der Waals surface area contributed by atoms with Crippen LogP contribution in [0.1, 0.15) is 5.56 Å². The average molecular weight is 328 g/mol. The first-order valence-electron chi connectivity index (χ1n) is 7.78. The summed E-state index contributed by atoms with van der Waals surface area (Å²) in [5, 5.41) is 7.85. The molecule has 0 spiro atoms. The van der Waals surface area contributed by atoms with Crippen molar-refractivity contribution in [3.63, 3.8) is 0 Å². The molecule has 1 aromatic heterocycles. The number of nitrogens with one attached hydrogen (secondary N) is 1. The topological polar surface area (TPSA) is 40.1 Å². The third-order valence-electron chi connectivity index (χ3n) is 4.41. The molecule has 2 aromatic rings. The Labute approximate surface area is 140 Å². The lowest BCUT2D eigenvalue weighted by Crippen LogP contribution is -2.47. The molecule has 1 saturated heterocycles. The first kappa shape index (κ1) is 14.5. The van der Waals surface area contributed by atoms with E-state index in [1.165, 1.54) is 5.56 Å². The van der Waals surface area contributed by atoms with Gasteiger partial charge in [0.2, 0.25) is 0 Å². The number of piperazine rings is 1. The number of aliphatic imine (C=N–C) groups is 1. The number of hydrogen-bond acceptors (Lipinski definition) is 6. The van der Waals surface area contributed by atoms with Crippen molar-refractivity contribution in [1.29, 1.82) is 0 Å². The number of fused-ring (bicyclic) bond motifs is 2. The van der Waals surface area contributed by atoms with Gasteiger partial charge in [-0.05, 0) is 19.2 Å². The fourth-order valence-corrected chi connectivity index (χ4v) is 3.74. The predicted molar refractivity (Wildman–Crippen MR) is 95.9 cm³/mol. The number of amidine groups is 1. The van der Waals surface area contributed by atoms with Crippen molar-refractivity contribution in [2.24, 2.45) is 4.99 Å². The Hall–Kier alpha value is -2.05. The third-order valence-corrected chi connectivity index (χ3v) is 5.15. The highest BCUT2D eigenvalue weighted by molar-refractivity contribution is 7.08. The fraction of sp³-hybridized carbons (Fsp3) is 0.353. The van der Waals surface area contributed by atoms with Crippen LogP contribution in [0.5, 0.6) is 5.75 Å². The summed E-state index contributed by atoms with van der Waals surface area (Å²) in [6.45, 7) is 4.14. The van der Waals surface area contributed by atoms with Crippen LogP contribution >= 0.6 is 11.3 Å². The SMILES string of the molecule is COc1ccc2c(c1)N=C(N1CCN(C)CC1)c1cscc1N2. The van der Waals surface area contributed by atoms with E-state index >= 15 is 0 Å². The third kappa shape index (κ3) is 2.68. The van der Waals surface area contributed by atoms with E-state index in [9.17, 15) is 0 Å². The molecule has 1 fully saturated rings. The number of hydrogen-bond donors (Lipinski definition) is 1. The van der Waals surface area contributed by atoms with Crippen molar-refractivity contribution in [2.75, 3.05) is 45.7 Å². The van der Waals surface area contributed by atoms with Gasteiger partial charge in [0.1, 0.15) is 11.6 Å². The number of anilines is 2. The van der Waals surface area contributed by atoms with Gasteiger partial charge in [-0.1, -0.05) is 0 Å². The number of ether oxygens (including phenoxy) is 1. The summed E-state index contributed by atoms with van der Waals surface area (Å²) in [4.78, 5) is 9.75. The maximum atomic E-state index is 5.36. The largest absolute Gasteiger partial charge is 0.497 e. The molecule has 6 heteroatoms. The summed E-state index contributed by atoms with van der Waals surface area (Å²) in [6, 6.07) is 5.99. The molecule has 0 aliphatic carbocycles. The Kier molecular flexibility index (Phi) is 3.71. The van der Waals surface area contributed by atoms with Gasteiger partial charge in [0, 0.05) is 43.0 Å². The van der Waals surface area contributed by atoms with Crippen molar-refractivity contribution in [2.45, 2.75) is 0 Å². The Balaban J connectivity index is 1.79. The Bertz CT molecular complexity index is 747. The number of likely N-dealkylation sites (N-methyl/N-ethyl adjacent to an activating group) is 1. The van der Waals surface area contributed by atoms with E-state index in [2.05, 4.69) is 32.9 Å². The molecule has 0 saturated carbocycles. The van der Waals surface area contributed by atoms with Crippen LogP contribution < -0.4 is 10.1 Å². The second-order valence-corrected chi connectivity index (χ2v) is 6.68. The Morgan fingerprint density at radius 1 is 1.13 bits per heavy atom. The normalized spacial score (nSPS) is 17.7. The van der Waals surface area contributed by atoms with Gasteiger partial charge >= 0.3 is 0 Å². The van der Waals surface area contributed by atoms with E-state index < -0.39 is 0 Å². The van der Waals surface area contributed by atoms with E-state index in [4.69, 9.17) is 9.73 Å². The van der Waals surface area contributed by atoms with Gasteiger partial charge in [-0.15, -0.1) is 11.3 Å². The molecule has 1 N–H and O–H groups in total. The quantitative estimate of drug-likeness (QED) is 0.873. The maximum absolute atomic E-state index is 5.36. The molecule has 2 aliphatic rings. The molecular weight excluding hydrogens is 308 g/mol. The smallest absolute Gasteiger partial charge is 0.139 e. The van der Waals surface area contributed by atoms with Crippen molar-refractivity contribution in [1.82, 2.24) is 9.80 Å². The molecule has 2 aliphatic heterocycles. The summed E-state index contributed by atoms with van der Waals surface area (Å²) in [5.41, 5.74) is 4.28. The van der Waals surface area contributed by atoms with Crippen molar-refractivity contribution < 1.29 is 4.74 Å². The molecule has 0 bridgehead atoms. The van der Waals surface area contributed by atoms with Crippen LogP contribution in [0, 0.1) is 0 Å². The summed E-state index contributed by atoms with van der Waals surface area (Å²) >= 11 is 1.71. The number of rotatable bonds is 1. The van der Waals surface area contributed by atoms with Crippen LogP contribution in [0.2, 0.25) is 0 Å². The van der Waals surface area contributed by atoms with Gasteiger partial charge in [-0.25, -0.2) is 4.99 Å². The van der Waals surface area contributed by atoms with Gasteiger partial charge < -0.3 is 19.9 Å². The predicted octanol–water partition coefficient (Wildman–Crippen LogP) is 3.14. The maximum Gasteiger partial charge on any atom is 0.139 e. The van der Waals surface area contributed by atoms with Crippen LogP contribution in [-0.2, 0) is 0 Å². The molecule has 5 nitrogen and oxygen atoms in total. The summed E-state index contributed by atoms with van der Waals surface area (Å²) in [5.74, 6) is 1.89. The molecule has 1 aromatic carbocycles. The zero-order valence-electron chi connectivity index (χ0n) is 13.4. The monoisotopic (exact) mass is 328 g/mol. The molecule has 120 valence electrons. The molecule has 0 unspecified atom stereocenters. The average Bonchev–Trinajstić information content (AvgIpc) is 2.97. The minimum Gasteiger partial charge on any atom is -0.497 e. The lowest BCUT2D eigenvalue weighted by molar-refractivity contribution is 0.216. The number of nitrogens with zero attached hydrogens (tertiary/aromatic N) is 3. The number of methoxy groups -OCH3 is 1. The minimum absolute atomic E-state index is 0.830. The summed E-state index contributed by atoms with van der Waals surface area (Å²) < 4.78 is 5.36. The van der Waals surface area contributed by atoms with E-state index in [0.717, 1.165) is 54.8 Å².